The van der Waals surface area contributed by atoms with Crippen molar-refractivity contribution in [3.63, 3.8) is 0 Å². The van der Waals surface area contributed by atoms with Crippen LogP contribution in [0.1, 0.15) is 5.56 Å². The molecule has 0 spiro atoms. The first-order chi connectivity index (χ1) is 6.63. The number of nitrogens with one attached hydrogen (secondary N) is 1. The van der Waals surface area contributed by atoms with Crippen LogP contribution in [0.2, 0.25) is 0 Å². The minimum absolute atomic E-state index is 0.0716. The van der Waals surface area contributed by atoms with E-state index in [1.54, 1.807) is 0 Å². The maximum absolute atomic E-state index is 13.1. The fourth-order valence-corrected chi connectivity index (χ4v) is 0.946. The summed E-state index contributed by atoms with van der Waals surface area (Å²) in [5.41, 5.74) is 5.36. The van der Waals surface area contributed by atoms with Gasteiger partial charge in [0.2, 0.25) is 5.91 Å². The number of benzene rings is 1. The zero-order valence-corrected chi connectivity index (χ0v) is 7.46. The minimum atomic E-state index is -0.553. The molecular weight excluding hydrogens is 187 g/mol. The lowest BCUT2D eigenvalue weighted by atomic mass is 10.2. The van der Waals surface area contributed by atoms with Gasteiger partial charge in [-0.25, -0.2) is 4.39 Å². The smallest absolute Gasteiger partial charge is 0.234 e. The molecule has 0 saturated carbocycles. The molecule has 14 heavy (non-hydrogen) atoms. The second-order valence-electron chi connectivity index (χ2n) is 2.76. The van der Waals surface area contributed by atoms with Crippen LogP contribution in [0.3, 0.4) is 0 Å². The normalized spacial score (nSPS) is 9.86. The van der Waals surface area contributed by atoms with E-state index in [0.29, 0.717) is 5.56 Å². The third-order valence-corrected chi connectivity index (χ3v) is 1.70. The molecule has 0 unspecified atom stereocenters. The molecule has 0 heterocycles. The number of amides is 1. The Morgan fingerprint density at radius 2 is 2.29 bits per heavy atom. The van der Waals surface area contributed by atoms with E-state index >= 15 is 0 Å². The lowest BCUT2D eigenvalue weighted by Crippen LogP contribution is -2.29. The first-order valence-corrected chi connectivity index (χ1v) is 4.07. The van der Waals surface area contributed by atoms with Gasteiger partial charge in [-0.1, -0.05) is 6.07 Å². The summed E-state index contributed by atoms with van der Waals surface area (Å²) in [4.78, 5) is 10.8. The molecule has 0 fully saturated rings. The van der Waals surface area contributed by atoms with Gasteiger partial charge in [-0.3, -0.25) is 4.79 Å². The zero-order chi connectivity index (χ0) is 10.6. The highest BCUT2D eigenvalue weighted by Crippen LogP contribution is 2.14. The Balaban J connectivity index is 2.63. The van der Waals surface area contributed by atoms with E-state index in [-0.39, 0.29) is 24.7 Å². The number of phenols is 1. The zero-order valence-electron chi connectivity index (χ0n) is 7.46. The summed E-state index contributed by atoms with van der Waals surface area (Å²) in [7, 11) is 0. The molecule has 1 aromatic carbocycles. The maximum atomic E-state index is 13.1. The Labute approximate surface area is 80.5 Å². The van der Waals surface area contributed by atoms with E-state index in [4.69, 9.17) is 10.8 Å². The SMILES string of the molecule is NCC(=O)NCc1ccc(O)cc1F. The number of halogens is 1. The van der Waals surface area contributed by atoms with Crippen molar-refractivity contribution < 1.29 is 14.3 Å². The monoisotopic (exact) mass is 198 g/mol. The molecule has 4 nitrogen and oxygen atoms in total. The van der Waals surface area contributed by atoms with Crippen molar-refractivity contribution in [2.45, 2.75) is 6.54 Å². The first kappa shape index (κ1) is 10.5. The molecule has 0 saturated heterocycles. The highest BCUT2D eigenvalue weighted by molar-refractivity contribution is 5.77. The fourth-order valence-electron chi connectivity index (χ4n) is 0.946. The van der Waals surface area contributed by atoms with E-state index in [2.05, 4.69) is 5.32 Å². The molecular formula is C9H11FN2O2. The predicted molar refractivity (Wildman–Crippen MR) is 49.0 cm³/mol. The Morgan fingerprint density at radius 3 is 2.86 bits per heavy atom. The van der Waals surface area contributed by atoms with E-state index in [9.17, 15) is 9.18 Å². The van der Waals surface area contributed by atoms with Crippen LogP contribution >= 0.6 is 0 Å². The molecule has 1 aromatic rings. The van der Waals surface area contributed by atoms with Crippen molar-refractivity contribution in [2.24, 2.45) is 5.73 Å². The highest BCUT2D eigenvalue weighted by Gasteiger charge is 2.04. The molecule has 0 aliphatic rings. The van der Waals surface area contributed by atoms with Gasteiger partial charge in [0.25, 0.3) is 0 Å². The molecule has 0 aliphatic heterocycles. The summed E-state index contributed by atoms with van der Waals surface area (Å²) in [6, 6.07) is 3.75. The van der Waals surface area contributed by atoms with Crippen LogP contribution in [0.5, 0.6) is 5.75 Å². The van der Waals surface area contributed by atoms with Gasteiger partial charge in [-0.05, 0) is 6.07 Å². The number of rotatable bonds is 3. The Hall–Kier alpha value is -1.62. The van der Waals surface area contributed by atoms with E-state index in [1.165, 1.54) is 12.1 Å². The van der Waals surface area contributed by atoms with Crippen LogP contribution in [0, 0.1) is 5.82 Å². The number of nitrogens with two attached hydrogens (primary N) is 1. The van der Waals surface area contributed by atoms with Gasteiger partial charge in [-0.2, -0.15) is 0 Å². The number of carbonyl (C=O) groups is 1. The van der Waals surface area contributed by atoms with Crippen LogP contribution in [-0.4, -0.2) is 17.6 Å². The first-order valence-electron chi connectivity index (χ1n) is 4.07. The van der Waals surface area contributed by atoms with Gasteiger partial charge >= 0.3 is 0 Å². The van der Waals surface area contributed by atoms with Gasteiger partial charge in [0, 0.05) is 18.2 Å². The minimum Gasteiger partial charge on any atom is -0.508 e. The van der Waals surface area contributed by atoms with Gasteiger partial charge in [-0.15, -0.1) is 0 Å². The summed E-state index contributed by atoms with van der Waals surface area (Å²) >= 11 is 0. The number of hydrogen-bond donors (Lipinski definition) is 3. The Bertz CT molecular complexity index is 342. The van der Waals surface area contributed by atoms with Gasteiger partial charge in [0.15, 0.2) is 0 Å². The third kappa shape index (κ3) is 2.70. The summed E-state index contributed by atoms with van der Waals surface area (Å²) in [6.45, 7) is -0.0537. The third-order valence-electron chi connectivity index (χ3n) is 1.70. The van der Waals surface area contributed by atoms with Crippen LogP contribution in [0.4, 0.5) is 4.39 Å². The summed E-state index contributed by atoms with van der Waals surface area (Å²) in [5.74, 6) is -1.05. The summed E-state index contributed by atoms with van der Waals surface area (Å²) in [6.07, 6.45) is 0. The average Bonchev–Trinajstić information content (AvgIpc) is 2.16. The second-order valence-corrected chi connectivity index (χ2v) is 2.76. The molecule has 0 radical (unpaired) electrons. The summed E-state index contributed by atoms with van der Waals surface area (Å²) < 4.78 is 13.1. The topological polar surface area (TPSA) is 75.4 Å². The molecule has 1 amide bonds. The highest BCUT2D eigenvalue weighted by atomic mass is 19.1. The average molecular weight is 198 g/mol. The van der Waals surface area contributed by atoms with Crippen molar-refractivity contribution >= 4 is 5.91 Å². The van der Waals surface area contributed by atoms with Crippen molar-refractivity contribution in [3.8, 4) is 5.75 Å². The van der Waals surface area contributed by atoms with Gasteiger partial charge in [0.05, 0.1) is 6.54 Å². The number of hydrogen-bond acceptors (Lipinski definition) is 3. The van der Waals surface area contributed by atoms with Crippen LogP contribution < -0.4 is 11.1 Å². The Morgan fingerprint density at radius 1 is 1.57 bits per heavy atom. The van der Waals surface area contributed by atoms with Crippen molar-refractivity contribution in [1.29, 1.82) is 0 Å². The van der Waals surface area contributed by atoms with E-state index < -0.39 is 5.82 Å². The number of phenolic OH excluding ortho intramolecular Hbond substituents is 1. The lowest BCUT2D eigenvalue weighted by molar-refractivity contribution is -0.119. The molecule has 0 atom stereocenters. The van der Waals surface area contributed by atoms with Crippen LogP contribution in [0.25, 0.3) is 0 Å². The quantitative estimate of drug-likeness (QED) is 0.645. The Kier molecular flexibility index (Phi) is 3.41. The van der Waals surface area contributed by atoms with E-state index in [1.807, 2.05) is 0 Å². The number of aromatic hydroxyl groups is 1. The van der Waals surface area contributed by atoms with Crippen molar-refractivity contribution in [3.05, 3.63) is 29.6 Å². The summed E-state index contributed by atoms with van der Waals surface area (Å²) in [5, 5.41) is 11.3. The molecule has 0 bridgehead atoms. The second kappa shape index (κ2) is 4.57. The maximum Gasteiger partial charge on any atom is 0.234 e. The van der Waals surface area contributed by atoms with Crippen LogP contribution in [0.15, 0.2) is 18.2 Å². The van der Waals surface area contributed by atoms with Gasteiger partial charge in [0.1, 0.15) is 11.6 Å². The number of carbonyl (C=O) groups excluding carboxylic acids is 1. The molecule has 76 valence electrons. The van der Waals surface area contributed by atoms with Gasteiger partial charge < -0.3 is 16.2 Å². The standard InChI is InChI=1S/C9H11FN2O2/c10-8-3-7(13)2-1-6(8)5-12-9(14)4-11/h1-3,13H,4-5,11H2,(H,12,14). The fraction of sp³-hybridized carbons (Fsp3) is 0.222. The van der Waals surface area contributed by atoms with Crippen molar-refractivity contribution in [1.82, 2.24) is 5.32 Å². The van der Waals surface area contributed by atoms with E-state index in [0.717, 1.165) is 6.07 Å². The molecule has 4 N–H and O–H groups in total. The molecule has 0 aliphatic carbocycles. The lowest BCUT2D eigenvalue weighted by Gasteiger charge is -2.04. The predicted octanol–water partition coefficient (Wildman–Crippen LogP) is 0.106. The largest absolute Gasteiger partial charge is 0.508 e. The molecule has 5 heteroatoms. The molecule has 0 aromatic heterocycles. The van der Waals surface area contributed by atoms with Crippen molar-refractivity contribution in [2.75, 3.05) is 6.54 Å². The molecule has 1 rings (SSSR count). The van der Waals surface area contributed by atoms with Crippen LogP contribution in [-0.2, 0) is 11.3 Å².